The van der Waals surface area contributed by atoms with Gasteiger partial charge in [-0.1, -0.05) is 42.3 Å². The van der Waals surface area contributed by atoms with E-state index in [2.05, 4.69) is 42.5 Å². The van der Waals surface area contributed by atoms with Gasteiger partial charge in [-0.05, 0) is 172 Å². The van der Waals surface area contributed by atoms with Crippen LogP contribution in [0.2, 0.25) is 0 Å². The molecule has 116 heavy (non-hydrogen) atoms. The van der Waals surface area contributed by atoms with Crippen molar-refractivity contribution in [2.24, 2.45) is 11.8 Å². The molecule has 0 radical (unpaired) electrons. The van der Waals surface area contributed by atoms with Crippen molar-refractivity contribution in [2.45, 2.75) is 217 Å². The SMILES string of the molecule is Cc1ccc(NC(=O)N[C@@H](Cc2cc(F)cc(F)c2)C(=O)N[C@@H]2C(=O)N3CCC[C@H]3C(=O)N(C)[C@@H]([C@H](C)OC[C@@H]3C[C@H]4C(=O)O[C@@H](C)[C@H](NC(=O)[C@H](Cc5cc(F)cc(F)c5)NC(=O)Nc5ccc(C)cc5)C(=O)N5CCC[C@H]5C(=O)N5CCCC[C@H]5C(=O)N[C@@H](C)C(=O)N4C3)C(=O)N[C@@H](C)C(=O)N3C[C@H](C)C[C@H]3C(=O)O[C@H]2C)cc1. The Kier molecular flexibility index (Phi) is 27.4. The quantitative estimate of drug-likeness (QED) is 0.0581. The van der Waals surface area contributed by atoms with Crippen LogP contribution in [-0.2, 0) is 84.6 Å². The lowest BCUT2D eigenvalue weighted by Gasteiger charge is -2.39. The Morgan fingerprint density at radius 1 is 0.491 bits per heavy atom. The van der Waals surface area contributed by atoms with E-state index in [1.54, 1.807) is 55.5 Å². The molecule has 11 rings (SSSR count). The second kappa shape index (κ2) is 37.1. The van der Waals surface area contributed by atoms with Crippen LogP contribution in [0.5, 0.6) is 0 Å². The van der Waals surface area contributed by atoms with Gasteiger partial charge in [0, 0.05) is 82.0 Å². The summed E-state index contributed by atoms with van der Waals surface area (Å²) >= 11 is 0. The first kappa shape index (κ1) is 85.6. The summed E-state index contributed by atoms with van der Waals surface area (Å²) in [7, 11) is 1.27. The minimum Gasteiger partial charge on any atom is -0.458 e. The van der Waals surface area contributed by atoms with Crippen molar-refractivity contribution >= 4 is 94.4 Å². The third kappa shape index (κ3) is 20.3. The first-order valence-electron chi connectivity index (χ1n) is 39.3. The largest absolute Gasteiger partial charge is 0.458 e. The topological polar surface area (TPSA) is 382 Å². The van der Waals surface area contributed by atoms with Crippen LogP contribution < -0.4 is 42.5 Å². The number of nitrogens with one attached hydrogen (secondary N) is 8. The summed E-state index contributed by atoms with van der Waals surface area (Å²) in [6.45, 7) is 11.5. The smallest absolute Gasteiger partial charge is 0.329 e. The van der Waals surface area contributed by atoms with Gasteiger partial charge in [0.25, 0.3) is 0 Å². The van der Waals surface area contributed by atoms with Crippen molar-refractivity contribution in [1.82, 2.24) is 61.3 Å². The fourth-order valence-corrected chi connectivity index (χ4v) is 16.5. The Labute approximate surface area is 668 Å². The van der Waals surface area contributed by atoms with Crippen molar-refractivity contribution in [1.29, 1.82) is 0 Å². The molecule has 4 aromatic carbocycles. The van der Waals surface area contributed by atoms with Gasteiger partial charge in [0.1, 0.15) is 108 Å². The number of cyclic esters (lactones) is 2. The zero-order chi connectivity index (χ0) is 83.8. The molecule has 0 aromatic heterocycles. The van der Waals surface area contributed by atoms with Crippen LogP contribution in [0, 0.1) is 49.0 Å². The number of rotatable bonds is 16. The number of nitrogens with zero attached hydrogens (tertiary/aromatic N) is 6. The highest BCUT2D eigenvalue weighted by atomic mass is 19.1. The predicted molar refractivity (Wildman–Crippen MR) is 408 cm³/mol. The Morgan fingerprint density at radius 2 is 0.905 bits per heavy atom. The van der Waals surface area contributed by atoms with Gasteiger partial charge >= 0.3 is 24.0 Å². The fraction of sp³-hybridized carbons (Fsp3) is 0.531. The van der Waals surface area contributed by atoms with Gasteiger partial charge in [-0.2, -0.15) is 0 Å². The van der Waals surface area contributed by atoms with Gasteiger partial charge < -0.3 is 86.1 Å². The Hall–Kier alpha value is -11.3. The monoisotopic (exact) mass is 1620 g/mol. The lowest BCUT2D eigenvalue weighted by Crippen LogP contribution is -2.63. The van der Waals surface area contributed by atoms with Crippen molar-refractivity contribution in [3.05, 3.63) is 130 Å². The first-order valence-corrected chi connectivity index (χ1v) is 39.3. The molecule has 0 unspecified atom stereocenters. The number of ether oxygens (including phenoxy) is 3. The summed E-state index contributed by atoms with van der Waals surface area (Å²) in [6, 6.07) is -1.74. The number of fused-ring (bicyclic) bond motifs is 5. The van der Waals surface area contributed by atoms with Crippen LogP contribution in [0.4, 0.5) is 38.5 Å². The number of carbonyl (C=O) groups is 14. The minimum atomic E-state index is -1.87. The van der Waals surface area contributed by atoms with Gasteiger partial charge in [0.15, 0.2) is 0 Å². The molecule has 4 aromatic rings. The average Bonchev–Trinajstić information content (AvgIpc) is 1.57. The molecule has 31 nitrogen and oxygen atoms in total. The fourth-order valence-electron chi connectivity index (χ4n) is 16.5. The molecule has 0 bridgehead atoms. The number of amides is 14. The number of carbonyl (C=O) groups excluding carboxylic acids is 14. The molecule has 0 saturated carbocycles. The summed E-state index contributed by atoms with van der Waals surface area (Å²) in [5, 5.41) is 21.0. The van der Waals surface area contributed by atoms with Crippen LogP contribution >= 0.6 is 0 Å². The lowest BCUT2D eigenvalue weighted by atomic mass is 9.99. The van der Waals surface area contributed by atoms with E-state index in [1.807, 2.05) is 13.8 Å². The van der Waals surface area contributed by atoms with E-state index in [0.29, 0.717) is 36.3 Å². The number of hydrogen-bond donors (Lipinski definition) is 8. The maximum Gasteiger partial charge on any atom is 0.329 e. The molecule has 8 N–H and O–H groups in total. The van der Waals surface area contributed by atoms with Crippen molar-refractivity contribution in [3.63, 3.8) is 0 Å². The van der Waals surface area contributed by atoms with E-state index in [4.69, 9.17) is 14.2 Å². The number of urea groups is 2. The number of anilines is 2. The van der Waals surface area contributed by atoms with Gasteiger partial charge in [0.05, 0.1) is 12.7 Å². The number of likely N-dealkylation sites (N-methyl/N-ethyl adjacent to an activating group) is 1. The zero-order valence-electron chi connectivity index (χ0n) is 66.1. The molecule has 7 saturated heterocycles. The highest BCUT2D eigenvalue weighted by Crippen LogP contribution is 2.33. The first-order chi connectivity index (χ1) is 55.1. The van der Waals surface area contributed by atoms with E-state index >= 15 is 28.8 Å². The highest BCUT2D eigenvalue weighted by molar-refractivity contribution is 6.01. The summed E-state index contributed by atoms with van der Waals surface area (Å²) in [5.74, 6) is -16.0. The molecule has 7 aliphatic heterocycles. The number of hydrogen-bond acceptors (Lipinski definition) is 17. The second-order valence-corrected chi connectivity index (χ2v) is 31.5. The van der Waals surface area contributed by atoms with Crippen molar-refractivity contribution in [3.8, 4) is 0 Å². The maximum atomic E-state index is 15.5. The normalized spacial score (nSPS) is 27.4. The Balaban J connectivity index is 0.874. The van der Waals surface area contributed by atoms with E-state index in [1.165, 1.54) is 56.4 Å². The van der Waals surface area contributed by atoms with Gasteiger partial charge in [-0.15, -0.1) is 0 Å². The number of piperidine rings is 1. The number of esters is 2. The van der Waals surface area contributed by atoms with Crippen LogP contribution in [0.3, 0.4) is 0 Å². The van der Waals surface area contributed by atoms with Crippen molar-refractivity contribution in [2.75, 3.05) is 57.0 Å². The number of aryl methyl sites for hydroxylation is 2. The zero-order valence-corrected chi connectivity index (χ0v) is 66.1. The molecular weight excluding hydrogens is 1520 g/mol. The number of benzene rings is 4. The van der Waals surface area contributed by atoms with E-state index in [-0.39, 0.29) is 101 Å². The minimum absolute atomic E-state index is 0.00575. The summed E-state index contributed by atoms with van der Waals surface area (Å²) in [4.78, 5) is 215. The predicted octanol–water partition coefficient (Wildman–Crippen LogP) is 3.94. The van der Waals surface area contributed by atoms with Crippen molar-refractivity contribution < 1.29 is 98.9 Å². The maximum absolute atomic E-state index is 15.5. The standard InChI is InChI=1S/C81H100F4N14O17/c1-41-17-21-56(22-18-41)88-80(112)90-58(33-49-29-52(82)36-53(83)30-49)68(100)92-65-46(6)115-78(110)63-28-43(3)38-98(63)72(104)45(5)87-71(103)67(94(9)74(106)61-15-12-26-96(61)76(65)108)48(8)114-40-51-35-64-79(111)116-47(7)66(93-69(101)59(34-50-31-54(84)37-55(85)32-50)91-81(113)89-57-23-19-42(2)20-24-57)77(109)97-27-13-16-62(97)75(107)95-25-11-10-14-60(95)70(102)86-44(4)73(105)99(64)39-51/h17-24,29-32,36-37,43-48,51,58-67H,10-16,25-28,33-35,38-40H2,1-9H3,(H,86,102)(H,87,103)(H,92,100)(H,93,101)(H2,88,90,112)(H2,89,91,113)/t43-,44+,45+,46+,47+,48+,51-,58+,59+,60+,61+,62+,63+,64+,65+,66+,67+/m1/s1. The van der Waals surface area contributed by atoms with Crippen LogP contribution in [-0.4, -0.2) is 250 Å². The third-order valence-corrected chi connectivity index (χ3v) is 22.5. The van der Waals surface area contributed by atoms with Crippen LogP contribution in [0.25, 0.3) is 0 Å². The number of halogens is 4. The molecule has 35 heteroatoms. The molecule has 17 atom stereocenters. The van der Waals surface area contributed by atoms with Gasteiger partial charge in [-0.3, -0.25) is 47.9 Å². The lowest BCUT2D eigenvalue weighted by molar-refractivity contribution is -0.163. The second-order valence-electron chi connectivity index (χ2n) is 31.5. The van der Waals surface area contributed by atoms with Crippen LogP contribution in [0.15, 0.2) is 84.9 Å². The van der Waals surface area contributed by atoms with E-state index in [9.17, 15) is 55.9 Å². The molecule has 7 fully saturated rings. The summed E-state index contributed by atoms with van der Waals surface area (Å²) in [6.07, 6.45) is -4.15. The molecule has 7 heterocycles. The van der Waals surface area contributed by atoms with Gasteiger partial charge in [0.2, 0.25) is 59.1 Å². The van der Waals surface area contributed by atoms with E-state index < -0.39 is 216 Å². The highest BCUT2D eigenvalue weighted by Gasteiger charge is 2.52. The van der Waals surface area contributed by atoms with Gasteiger partial charge in [-0.25, -0.2) is 36.7 Å². The summed E-state index contributed by atoms with van der Waals surface area (Å²) in [5.41, 5.74) is 2.18. The molecule has 7 aliphatic rings. The average molecular weight is 1620 g/mol. The summed E-state index contributed by atoms with van der Waals surface area (Å²) < 4.78 is 77.9. The molecular formula is C81H100F4N14O17. The third-order valence-electron chi connectivity index (χ3n) is 22.5. The van der Waals surface area contributed by atoms with Crippen LogP contribution in [0.1, 0.15) is 122 Å². The molecule has 0 aliphatic carbocycles. The van der Waals surface area contributed by atoms with E-state index in [0.717, 1.165) is 50.1 Å². The molecule has 624 valence electrons. The molecule has 14 amide bonds. The Morgan fingerprint density at radius 3 is 1.38 bits per heavy atom. The Bertz CT molecular complexity index is 4390. The molecule has 0 spiro atoms.